The molecule has 0 saturated carbocycles. The highest BCUT2D eigenvalue weighted by molar-refractivity contribution is 9.10. The number of alkyl halides is 4. The van der Waals surface area contributed by atoms with Crippen molar-refractivity contribution in [1.29, 1.82) is 0 Å². The van der Waals surface area contributed by atoms with Gasteiger partial charge in [0.25, 0.3) is 0 Å². The molecule has 0 aliphatic rings. The molecule has 0 amide bonds. The summed E-state index contributed by atoms with van der Waals surface area (Å²) in [6.07, 6.45) is -3.95. The molecule has 0 fully saturated rings. The lowest BCUT2D eigenvalue weighted by Crippen LogP contribution is -2.41. The second-order valence-electron chi connectivity index (χ2n) is 3.68. The zero-order chi connectivity index (χ0) is 15.6. The van der Waals surface area contributed by atoms with Gasteiger partial charge >= 0.3 is 12.3 Å². The Labute approximate surface area is 121 Å². The predicted molar refractivity (Wildman–Crippen MR) is 66.8 cm³/mol. The van der Waals surface area contributed by atoms with Crippen molar-refractivity contribution >= 4 is 26.0 Å². The third-order valence-corrected chi connectivity index (χ3v) is 4.27. The molecule has 10 heteroatoms. The molecule has 1 aromatic carbocycles. The number of hydrogen-bond donors (Lipinski definition) is 1. The molecule has 1 N–H and O–H groups in total. The molecular formula is C10H10BrF4NO3S. The first-order valence-corrected chi connectivity index (χ1v) is 7.37. The standard InChI is InChI=1S/C10H10BrF4NO3S/c1-19-8-3-2-6(4-7(8)11)20(17,18)16-5-10(14,15)9(12)13/h2-4,9,16H,5H2,1H3. The molecule has 0 atom stereocenters. The lowest BCUT2D eigenvalue weighted by molar-refractivity contribution is -0.122. The fraction of sp³-hybridized carbons (Fsp3) is 0.400. The lowest BCUT2D eigenvalue weighted by Gasteiger charge is -2.16. The number of ether oxygens (including phenoxy) is 1. The Morgan fingerprint density at radius 2 is 2.00 bits per heavy atom. The molecular weight excluding hydrogens is 370 g/mol. The molecule has 0 bridgehead atoms. The molecule has 1 aromatic rings. The number of rotatable bonds is 6. The number of hydrogen-bond acceptors (Lipinski definition) is 3. The zero-order valence-electron chi connectivity index (χ0n) is 10.0. The maximum absolute atomic E-state index is 12.7. The van der Waals surface area contributed by atoms with E-state index in [0.717, 1.165) is 12.1 Å². The number of benzene rings is 1. The number of halogens is 5. The van der Waals surface area contributed by atoms with Crippen LogP contribution < -0.4 is 9.46 Å². The van der Waals surface area contributed by atoms with Crippen molar-refractivity contribution in [2.75, 3.05) is 13.7 Å². The second-order valence-corrected chi connectivity index (χ2v) is 6.30. The minimum atomic E-state index is -4.43. The Bertz CT molecular complexity index is 580. The molecule has 0 saturated heterocycles. The van der Waals surface area contributed by atoms with Crippen molar-refractivity contribution in [2.24, 2.45) is 0 Å². The Kier molecular flexibility index (Phi) is 5.39. The number of methoxy groups -OCH3 is 1. The SMILES string of the molecule is COc1ccc(S(=O)(=O)NCC(F)(F)C(F)F)cc1Br. The van der Waals surface area contributed by atoms with Crippen LogP contribution in [0.1, 0.15) is 0 Å². The van der Waals surface area contributed by atoms with Gasteiger partial charge < -0.3 is 4.74 Å². The number of nitrogens with one attached hydrogen (secondary N) is 1. The van der Waals surface area contributed by atoms with E-state index in [9.17, 15) is 26.0 Å². The summed E-state index contributed by atoms with van der Waals surface area (Å²) in [5.74, 6) is -4.10. The van der Waals surface area contributed by atoms with Crippen molar-refractivity contribution < 1.29 is 30.7 Å². The second kappa shape index (κ2) is 6.27. The summed E-state index contributed by atoms with van der Waals surface area (Å²) >= 11 is 3.03. The molecule has 0 aliphatic carbocycles. The predicted octanol–water partition coefficient (Wildman–Crippen LogP) is 2.64. The van der Waals surface area contributed by atoms with Gasteiger partial charge in [-0.15, -0.1) is 0 Å². The Balaban J connectivity index is 2.92. The topological polar surface area (TPSA) is 55.4 Å². The maximum Gasteiger partial charge on any atom is 0.320 e. The highest BCUT2D eigenvalue weighted by Crippen LogP contribution is 2.28. The van der Waals surface area contributed by atoms with Gasteiger partial charge in [-0.05, 0) is 34.1 Å². The third-order valence-electron chi connectivity index (χ3n) is 2.25. The molecule has 0 radical (unpaired) electrons. The third kappa shape index (κ3) is 4.06. The highest BCUT2D eigenvalue weighted by Gasteiger charge is 2.41. The average molecular weight is 380 g/mol. The lowest BCUT2D eigenvalue weighted by atomic mass is 10.3. The van der Waals surface area contributed by atoms with E-state index in [1.807, 2.05) is 0 Å². The summed E-state index contributed by atoms with van der Waals surface area (Å²) in [6.45, 7) is -1.68. The smallest absolute Gasteiger partial charge is 0.320 e. The molecule has 1 rings (SSSR count). The van der Waals surface area contributed by atoms with Gasteiger partial charge in [0.15, 0.2) is 0 Å². The van der Waals surface area contributed by atoms with E-state index in [4.69, 9.17) is 4.74 Å². The van der Waals surface area contributed by atoms with Crippen molar-refractivity contribution in [3.8, 4) is 5.75 Å². The summed E-state index contributed by atoms with van der Waals surface area (Å²) in [4.78, 5) is -0.352. The fourth-order valence-corrected chi connectivity index (χ4v) is 2.93. The van der Waals surface area contributed by atoms with E-state index < -0.39 is 28.9 Å². The van der Waals surface area contributed by atoms with Gasteiger partial charge in [0, 0.05) is 0 Å². The first-order valence-electron chi connectivity index (χ1n) is 5.09. The first-order chi connectivity index (χ1) is 9.10. The van der Waals surface area contributed by atoms with Crippen molar-refractivity contribution in [1.82, 2.24) is 4.72 Å². The Hall–Kier alpha value is -0.870. The Morgan fingerprint density at radius 3 is 2.45 bits per heavy atom. The van der Waals surface area contributed by atoms with Crippen LogP contribution >= 0.6 is 15.9 Å². The van der Waals surface area contributed by atoms with Gasteiger partial charge in [-0.2, -0.15) is 8.78 Å². The van der Waals surface area contributed by atoms with E-state index >= 15 is 0 Å². The van der Waals surface area contributed by atoms with E-state index in [0.29, 0.717) is 5.75 Å². The summed E-state index contributed by atoms with van der Waals surface area (Å²) in [5.41, 5.74) is 0. The highest BCUT2D eigenvalue weighted by atomic mass is 79.9. The van der Waals surface area contributed by atoms with Gasteiger partial charge in [0.1, 0.15) is 5.75 Å². The summed E-state index contributed by atoms with van der Waals surface area (Å²) < 4.78 is 79.3. The first kappa shape index (κ1) is 17.2. The van der Waals surface area contributed by atoms with Gasteiger partial charge in [0.2, 0.25) is 10.0 Å². The molecule has 0 aliphatic heterocycles. The normalized spacial score (nSPS) is 12.8. The van der Waals surface area contributed by atoms with E-state index in [1.54, 1.807) is 0 Å². The van der Waals surface area contributed by atoms with Gasteiger partial charge in [-0.1, -0.05) is 0 Å². The van der Waals surface area contributed by atoms with Gasteiger partial charge in [-0.3, -0.25) is 0 Å². The number of sulfonamides is 1. The quantitative estimate of drug-likeness (QED) is 0.773. The molecule has 0 aromatic heterocycles. The minimum Gasteiger partial charge on any atom is -0.496 e. The van der Waals surface area contributed by atoms with E-state index in [-0.39, 0.29) is 9.37 Å². The van der Waals surface area contributed by atoms with Crippen LogP contribution in [0.3, 0.4) is 0 Å². The molecule has 20 heavy (non-hydrogen) atoms. The van der Waals surface area contributed by atoms with Crippen LogP contribution in [0.2, 0.25) is 0 Å². The van der Waals surface area contributed by atoms with Gasteiger partial charge in [0.05, 0.1) is 23.0 Å². The van der Waals surface area contributed by atoms with Crippen LogP contribution in [-0.4, -0.2) is 34.4 Å². The van der Waals surface area contributed by atoms with Crippen molar-refractivity contribution in [2.45, 2.75) is 17.2 Å². The molecule has 0 heterocycles. The Morgan fingerprint density at radius 1 is 1.40 bits per heavy atom. The van der Waals surface area contributed by atoms with Crippen molar-refractivity contribution in [3.05, 3.63) is 22.7 Å². The van der Waals surface area contributed by atoms with Crippen LogP contribution in [-0.2, 0) is 10.0 Å². The van der Waals surface area contributed by atoms with E-state index in [2.05, 4.69) is 15.9 Å². The van der Waals surface area contributed by atoms with Crippen LogP contribution in [0.25, 0.3) is 0 Å². The zero-order valence-corrected chi connectivity index (χ0v) is 12.4. The molecule has 0 unspecified atom stereocenters. The van der Waals surface area contributed by atoms with E-state index in [1.165, 1.54) is 17.9 Å². The molecule has 4 nitrogen and oxygen atoms in total. The summed E-state index contributed by atoms with van der Waals surface area (Å²) in [6, 6.07) is 3.51. The average Bonchev–Trinajstić information content (AvgIpc) is 2.36. The largest absolute Gasteiger partial charge is 0.496 e. The van der Waals surface area contributed by atoms with Gasteiger partial charge in [-0.25, -0.2) is 21.9 Å². The molecule has 0 spiro atoms. The van der Waals surface area contributed by atoms with Crippen LogP contribution in [0.5, 0.6) is 5.75 Å². The minimum absolute atomic E-state index is 0.281. The van der Waals surface area contributed by atoms with Crippen molar-refractivity contribution in [3.63, 3.8) is 0 Å². The van der Waals surface area contributed by atoms with Crippen LogP contribution in [0.4, 0.5) is 17.6 Å². The summed E-state index contributed by atoms with van der Waals surface area (Å²) in [7, 11) is -2.97. The van der Waals surface area contributed by atoms with Crippen LogP contribution in [0, 0.1) is 0 Å². The van der Waals surface area contributed by atoms with Crippen LogP contribution in [0.15, 0.2) is 27.6 Å². The summed E-state index contributed by atoms with van der Waals surface area (Å²) in [5, 5.41) is 0. The fourth-order valence-electron chi connectivity index (χ4n) is 1.17. The maximum atomic E-state index is 12.7. The molecule has 114 valence electrons. The monoisotopic (exact) mass is 379 g/mol.